The van der Waals surface area contributed by atoms with E-state index >= 15 is 0 Å². The van der Waals surface area contributed by atoms with Crippen molar-refractivity contribution < 1.29 is 27.8 Å². The van der Waals surface area contributed by atoms with Crippen molar-refractivity contribution in [1.82, 2.24) is 0 Å². The van der Waals surface area contributed by atoms with E-state index in [0.29, 0.717) is 17.8 Å². The van der Waals surface area contributed by atoms with Crippen LogP contribution in [0.2, 0.25) is 0 Å². The van der Waals surface area contributed by atoms with Crippen molar-refractivity contribution in [1.29, 1.82) is 0 Å². The Morgan fingerprint density at radius 2 is 1.83 bits per heavy atom. The zero-order valence-electron chi connectivity index (χ0n) is 16.7. The Kier molecular flexibility index (Phi) is 4.08. The van der Waals surface area contributed by atoms with Gasteiger partial charge in [-0.3, -0.25) is 0 Å². The van der Waals surface area contributed by atoms with Crippen LogP contribution in [0.3, 0.4) is 0 Å². The molecule has 6 heteroatoms. The molecule has 158 valence electrons. The van der Waals surface area contributed by atoms with Crippen LogP contribution in [0.25, 0.3) is 0 Å². The van der Waals surface area contributed by atoms with Crippen molar-refractivity contribution in [2.24, 2.45) is 41.4 Å². The van der Waals surface area contributed by atoms with Gasteiger partial charge in [0.15, 0.2) is 0 Å². The first-order chi connectivity index (χ1) is 13.6. The van der Waals surface area contributed by atoms with E-state index < -0.39 is 23.3 Å². The fourth-order valence-corrected chi connectivity index (χ4v) is 7.70. The van der Waals surface area contributed by atoms with Gasteiger partial charge in [0.25, 0.3) is 0 Å². The molecule has 0 spiro atoms. The van der Waals surface area contributed by atoms with Gasteiger partial charge in [-0.05, 0) is 85.8 Å². The number of ether oxygens (including phenoxy) is 1. The molecule has 0 heterocycles. The number of benzene rings is 1. The van der Waals surface area contributed by atoms with Gasteiger partial charge in [0.1, 0.15) is 11.4 Å². The molecule has 0 saturated heterocycles. The van der Waals surface area contributed by atoms with E-state index in [2.05, 4.69) is 0 Å². The van der Waals surface area contributed by atoms with Crippen LogP contribution in [0, 0.1) is 41.4 Å². The van der Waals surface area contributed by atoms with Crippen LogP contribution in [0.4, 0.5) is 13.2 Å². The lowest BCUT2D eigenvalue weighted by Crippen LogP contribution is -2.52. The number of hydrogen-bond acceptors (Lipinski definition) is 2. The van der Waals surface area contributed by atoms with E-state index in [1.807, 2.05) is 13.8 Å². The third-order valence-corrected chi connectivity index (χ3v) is 8.63. The van der Waals surface area contributed by atoms with Gasteiger partial charge in [0.2, 0.25) is 0 Å². The van der Waals surface area contributed by atoms with Crippen LogP contribution >= 0.6 is 0 Å². The van der Waals surface area contributed by atoms with E-state index in [1.165, 1.54) is 19.3 Å². The van der Waals surface area contributed by atoms with Crippen molar-refractivity contribution >= 4 is 5.97 Å². The van der Waals surface area contributed by atoms with Gasteiger partial charge < -0.3 is 9.84 Å². The largest absolute Gasteiger partial charge is 0.486 e. The molecule has 4 bridgehead atoms. The highest BCUT2D eigenvalue weighted by Crippen LogP contribution is 2.71. The Balaban J connectivity index is 1.55. The van der Waals surface area contributed by atoms with Crippen LogP contribution in [-0.4, -0.2) is 16.7 Å². The molecule has 0 aliphatic heterocycles. The van der Waals surface area contributed by atoms with Crippen molar-refractivity contribution in [2.75, 3.05) is 0 Å². The average molecular weight is 408 g/mol. The minimum atomic E-state index is -4.59. The molecular weight excluding hydrogens is 381 g/mol. The minimum absolute atomic E-state index is 0.0622. The molecule has 4 aliphatic carbocycles. The Bertz CT molecular complexity index is 848. The summed E-state index contributed by atoms with van der Waals surface area (Å²) in [6, 6.07) is 2.92. The van der Waals surface area contributed by atoms with Gasteiger partial charge >= 0.3 is 12.1 Å². The van der Waals surface area contributed by atoms with Crippen molar-refractivity contribution in [3.8, 4) is 5.75 Å². The van der Waals surface area contributed by atoms with Gasteiger partial charge in [-0.2, -0.15) is 13.2 Å². The lowest BCUT2D eigenvalue weighted by atomic mass is 9.63. The summed E-state index contributed by atoms with van der Waals surface area (Å²) in [4.78, 5) is 11.4. The van der Waals surface area contributed by atoms with E-state index in [4.69, 9.17) is 4.74 Å². The van der Waals surface area contributed by atoms with Crippen LogP contribution < -0.4 is 4.74 Å². The molecule has 1 aromatic carbocycles. The Labute approximate surface area is 168 Å². The van der Waals surface area contributed by atoms with Crippen LogP contribution in [-0.2, 0) is 6.18 Å². The van der Waals surface area contributed by atoms with E-state index in [-0.39, 0.29) is 23.1 Å². The van der Waals surface area contributed by atoms with Crippen LogP contribution in [0.15, 0.2) is 18.2 Å². The normalized spacial score (nSPS) is 39.9. The number of rotatable bonds is 4. The van der Waals surface area contributed by atoms with Crippen LogP contribution in [0.1, 0.15) is 61.9 Å². The summed E-state index contributed by atoms with van der Waals surface area (Å²) in [5, 5.41) is 9.30. The monoisotopic (exact) mass is 408 g/mol. The number of fused-ring (bicyclic) bond motifs is 9. The zero-order chi connectivity index (χ0) is 20.7. The highest BCUT2D eigenvalue weighted by Gasteiger charge is 2.68. The quantitative estimate of drug-likeness (QED) is 0.633. The number of halogens is 3. The van der Waals surface area contributed by atoms with Gasteiger partial charge in [-0.15, -0.1) is 0 Å². The molecule has 0 amide bonds. The topological polar surface area (TPSA) is 46.5 Å². The predicted octanol–water partition coefficient (Wildman–Crippen LogP) is 5.88. The number of carboxylic acids is 1. The number of carbonyl (C=O) groups is 1. The summed E-state index contributed by atoms with van der Waals surface area (Å²) in [5.74, 6) is 2.06. The molecule has 7 unspecified atom stereocenters. The first-order valence-corrected chi connectivity index (χ1v) is 10.8. The molecule has 1 aromatic rings. The summed E-state index contributed by atoms with van der Waals surface area (Å²) in [6.45, 7) is 4.08. The highest BCUT2D eigenvalue weighted by atomic mass is 19.4. The van der Waals surface area contributed by atoms with Crippen molar-refractivity contribution in [3.05, 3.63) is 29.3 Å². The smallest absolute Gasteiger partial charge is 0.419 e. The molecule has 0 radical (unpaired) electrons. The van der Waals surface area contributed by atoms with Gasteiger partial charge in [0, 0.05) is 5.92 Å². The molecule has 7 atom stereocenters. The Morgan fingerprint density at radius 3 is 2.45 bits per heavy atom. The number of aromatic carboxylic acids is 1. The molecule has 29 heavy (non-hydrogen) atoms. The third kappa shape index (κ3) is 2.66. The molecule has 3 nitrogen and oxygen atoms in total. The summed E-state index contributed by atoms with van der Waals surface area (Å²) >= 11 is 0. The van der Waals surface area contributed by atoms with Crippen LogP contribution in [0.5, 0.6) is 5.75 Å². The van der Waals surface area contributed by atoms with Gasteiger partial charge in [-0.1, -0.05) is 13.8 Å². The average Bonchev–Trinajstić information content (AvgIpc) is 3.39. The fraction of sp³-hybridized carbons (Fsp3) is 0.696. The SMILES string of the molecule is CC(C)C1(Oc2cc(C(=O)O)ccc2C(F)(F)F)CC2CC1C1C3CCC(C3)C21. The summed E-state index contributed by atoms with van der Waals surface area (Å²) in [6.07, 6.45) is 1.07. The van der Waals surface area contributed by atoms with E-state index in [9.17, 15) is 23.1 Å². The lowest BCUT2D eigenvalue weighted by molar-refractivity contribution is -0.142. The molecule has 4 aliphatic rings. The Hall–Kier alpha value is -1.72. The number of hydrogen-bond donors (Lipinski definition) is 1. The molecule has 4 fully saturated rings. The van der Waals surface area contributed by atoms with E-state index in [1.54, 1.807) is 0 Å². The molecule has 5 rings (SSSR count). The molecule has 1 N–H and O–H groups in total. The second-order valence-electron chi connectivity index (χ2n) is 10.0. The number of alkyl halides is 3. The zero-order valence-corrected chi connectivity index (χ0v) is 16.7. The predicted molar refractivity (Wildman–Crippen MR) is 101 cm³/mol. The van der Waals surface area contributed by atoms with E-state index in [0.717, 1.165) is 42.9 Å². The number of carboxylic acid groups (broad SMARTS) is 1. The van der Waals surface area contributed by atoms with Gasteiger partial charge in [-0.25, -0.2) is 4.79 Å². The fourth-order valence-electron chi connectivity index (χ4n) is 7.70. The van der Waals surface area contributed by atoms with Crippen molar-refractivity contribution in [2.45, 2.75) is 57.7 Å². The van der Waals surface area contributed by atoms with Crippen molar-refractivity contribution in [3.63, 3.8) is 0 Å². The first kappa shape index (κ1) is 19.3. The highest BCUT2D eigenvalue weighted by molar-refractivity contribution is 5.88. The minimum Gasteiger partial charge on any atom is -0.486 e. The molecular formula is C23H27F3O3. The Morgan fingerprint density at radius 1 is 1.14 bits per heavy atom. The third-order valence-electron chi connectivity index (χ3n) is 8.63. The maximum absolute atomic E-state index is 13.7. The summed E-state index contributed by atoms with van der Waals surface area (Å²) < 4.78 is 47.4. The summed E-state index contributed by atoms with van der Waals surface area (Å²) in [5.41, 5.74) is -1.70. The van der Waals surface area contributed by atoms with Gasteiger partial charge in [0.05, 0.1) is 11.1 Å². The standard InChI is InChI=1S/C23H27F3O3/c1-11(2)22(10-15-8-17(22)20-13-4-3-12(7-13)19(15)20)29-18-9-14(21(27)28)5-6-16(18)23(24,25)26/h5-6,9,11-13,15,17,19-20H,3-4,7-8,10H2,1-2H3,(H,27,28). The maximum Gasteiger partial charge on any atom is 0.419 e. The molecule has 0 aromatic heterocycles. The second-order valence-corrected chi connectivity index (χ2v) is 10.0. The molecule has 4 saturated carbocycles. The maximum atomic E-state index is 13.7. The lowest BCUT2D eigenvalue weighted by Gasteiger charge is -2.49. The second kappa shape index (κ2) is 6.14. The first-order valence-electron chi connectivity index (χ1n) is 10.8. The summed E-state index contributed by atoms with van der Waals surface area (Å²) in [7, 11) is 0.